The summed E-state index contributed by atoms with van der Waals surface area (Å²) in [5, 5.41) is 28.8. The lowest BCUT2D eigenvalue weighted by molar-refractivity contribution is -0.138. The van der Waals surface area contributed by atoms with Gasteiger partial charge in [0.05, 0.1) is 12.7 Å². The van der Waals surface area contributed by atoms with Crippen LogP contribution >= 0.6 is 0 Å². The highest BCUT2D eigenvalue weighted by molar-refractivity contribution is 4.91. The van der Waals surface area contributed by atoms with Gasteiger partial charge in [0.1, 0.15) is 6.26 Å². The monoisotopic (exact) mass is 389 g/mol. The molecule has 2 atom stereocenters. The van der Waals surface area contributed by atoms with Crippen molar-refractivity contribution in [1.82, 2.24) is 0 Å². The van der Waals surface area contributed by atoms with E-state index in [-0.39, 0.29) is 23.3 Å². The summed E-state index contributed by atoms with van der Waals surface area (Å²) in [7, 11) is 0. The molecule has 0 saturated carbocycles. The van der Waals surface area contributed by atoms with Gasteiger partial charge in [-0.25, -0.2) is 0 Å². The summed E-state index contributed by atoms with van der Waals surface area (Å²) in [6, 6.07) is 0. The van der Waals surface area contributed by atoms with Crippen LogP contribution in [0.1, 0.15) is 86.0 Å². The number of aliphatic hydroxyl groups is 3. The Morgan fingerprint density at radius 2 is 1.59 bits per heavy atom. The Hall–Kier alpha value is -0.820. The molecule has 0 heterocycles. The van der Waals surface area contributed by atoms with E-state index in [9.17, 15) is 10.2 Å². The molecule has 0 aliphatic rings. The maximum absolute atomic E-state index is 10.4. The minimum absolute atomic E-state index is 0.140. The molecule has 0 fully saturated rings. The van der Waals surface area contributed by atoms with Gasteiger partial charge in [0.25, 0.3) is 0 Å². The third-order valence-electron chi connectivity index (χ3n) is 6.06. The van der Waals surface area contributed by atoms with Crippen molar-refractivity contribution in [3.63, 3.8) is 0 Å². The Morgan fingerprint density at radius 3 is 2.04 bits per heavy atom. The molecule has 0 bridgehead atoms. The summed E-state index contributed by atoms with van der Waals surface area (Å²) in [6.07, 6.45) is 6.14. The summed E-state index contributed by atoms with van der Waals surface area (Å²) in [4.78, 5) is 0. The third kappa shape index (κ3) is 9.28. The fraction of sp³-hybridized carbons (Fsp3) is 0.905. The zero-order valence-electron chi connectivity index (χ0n) is 18.0. The first-order chi connectivity index (χ1) is 12.7. The molecular formula is C21H43NO5. The first-order valence-electron chi connectivity index (χ1n) is 10.5. The number of nitrogens with two attached hydrogens (primary N) is 1. The lowest BCUT2D eigenvalue weighted by atomic mass is 9.68. The van der Waals surface area contributed by atoms with Crippen molar-refractivity contribution in [3.05, 3.63) is 12.0 Å². The SMILES string of the molecule is CCOC(OCCC(O)CCC(CC)(CC)CC(N)(CC)CC)/C(O)=C/O. The van der Waals surface area contributed by atoms with Gasteiger partial charge >= 0.3 is 0 Å². The van der Waals surface area contributed by atoms with E-state index in [1.165, 1.54) is 0 Å². The van der Waals surface area contributed by atoms with Crippen LogP contribution in [0, 0.1) is 5.41 Å². The largest absolute Gasteiger partial charge is 0.512 e. The maximum atomic E-state index is 10.4. The Balaban J connectivity index is 4.59. The lowest BCUT2D eigenvalue weighted by Gasteiger charge is -2.41. The van der Waals surface area contributed by atoms with Crippen LogP contribution in [-0.2, 0) is 9.47 Å². The molecule has 0 aromatic carbocycles. The van der Waals surface area contributed by atoms with Crippen molar-refractivity contribution in [2.45, 2.75) is 104 Å². The summed E-state index contributed by atoms with van der Waals surface area (Å²) in [5.41, 5.74) is 6.59. The van der Waals surface area contributed by atoms with Crippen molar-refractivity contribution in [3.8, 4) is 0 Å². The van der Waals surface area contributed by atoms with E-state index in [1.807, 2.05) is 0 Å². The molecule has 162 valence electrons. The first kappa shape index (κ1) is 26.2. The topological polar surface area (TPSA) is 105 Å². The van der Waals surface area contributed by atoms with Gasteiger partial charge in [-0.05, 0) is 50.9 Å². The smallest absolute Gasteiger partial charge is 0.219 e. The maximum Gasteiger partial charge on any atom is 0.219 e. The standard InChI is InChI=1S/C21H43NO5/c1-6-20(7-2,16-21(22,8-3)9-4)13-11-17(24)12-14-27-19(26-10-5)18(25)15-23/h15,17,19,23-25H,6-14,16,22H2,1-5H3/b18-15-. The quantitative estimate of drug-likeness (QED) is 0.228. The van der Waals surface area contributed by atoms with Crippen molar-refractivity contribution >= 4 is 0 Å². The number of hydrogen-bond donors (Lipinski definition) is 4. The van der Waals surface area contributed by atoms with Crippen LogP contribution in [-0.4, -0.2) is 46.5 Å². The Kier molecular flexibility index (Phi) is 13.0. The van der Waals surface area contributed by atoms with E-state index in [2.05, 4.69) is 27.7 Å². The highest BCUT2D eigenvalue weighted by Gasteiger charge is 2.35. The van der Waals surface area contributed by atoms with Crippen LogP contribution in [0.2, 0.25) is 0 Å². The first-order valence-corrected chi connectivity index (χ1v) is 10.5. The number of ether oxygens (including phenoxy) is 2. The summed E-state index contributed by atoms with van der Waals surface area (Å²) < 4.78 is 10.6. The van der Waals surface area contributed by atoms with Crippen LogP contribution in [0.15, 0.2) is 12.0 Å². The second-order valence-corrected chi connectivity index (χ2v) is 7.65. The Labute approximate surface area is 165 Å². The molecule has 0 aromatic rings. The van der Waals surface area contributed by atoms with Gasteiger partial charge in [-0.3, -0.25) is 0 Å². The average Bonchev–Trinajstić information content (AvgIpc) is 2.69. The molecule has 0 aliphatic heterocycles. The molecule has 0 rings (SSSR count). The number of aliphatic hydroxyl groups excluding tert-OH is 3. The predicted octanol–water partition coefficient (Wildman–Crippen LogP) is 4.57. The van der Waals surface area contributed by atoms with Gasteiger partial charge in [-0.15, -0.1) is 0 Å². The third-order valence-corrected chi connectivity index (χ3v) is 6.06. The molecule has 0 aromatic heterocycles. The summed E-state index contributed by atoms with van der Waals surface area (Å²) in [5.74, 6) is -0.374. The summed E-state index contributed by atoms with van der Waals surface area (Å²) >= 11 is 0. The molecule has 6 heteroatoms. The molecule has 6 nitrogen and oxygen atoms in total. The fourth-order valence-electron chi connectivity index (χ4n) is 3.55. The average molecular weight is 390 g/mol. The van der Waals surface area contributed by atoms with Crippen molar-refractivity contribution in [2.75, 3.05) is 13.2 Å². The zero-order valence-corrected chi connectivity index (χ0v) is 18.0. The van der Waals surface area contributed by atoms with Gasteiger partial charge in [-0.1, -0.05) is 40.5 Å². The van der Waals surface area contributed by atoms with Crippen LogP contribution in [0.5, 0.6) is 0 Å². The molecule has 27 heavy (non-hydrogen) atoms. The lowest BCUT2D eigenvalue weighted by Crippen LogP contribution is -2.44. The van der Waals surface area contributed by atoms with Gasteiger partial charge in [-0.2, -0.15) is 0 Å². The van der Waals surface area contributed by atoms with Crippen molar-refractivity contribution in [1.29, 1.82) is 0 Å². The van der Waals surface area contributed by atoms with Crippen LogP contribution in [0.25, 0.3) is 0 Å². The minimum atomic E-state index is -0.996. The van der Waals surface area contributed by atoms with Gasteiger partial charge in [0, 0.05) is 12.1 Å². The predicted molar refractivity (Wildman–Crippen MR) is 110 cm³/mol. The molecule has 0 aliphatic carbocycles. The summed E-state index contributed by atoms with van der Waals surface area (Å²) in [6.45, 7) is 11.1. The van der Waals surface area contributed by atoms with Gasteiger partial charge in [0.2, 0.25) is 6.29 Å². The molecule has 0 amide bonds. The second kappa shape index (κ2) is 13.4. The molecule has 0 spiro atoms. The van der Waals surface area contributed by atoms with Crippen LogP contribution < -0.4 is 5.73 Å². The Bertz CT molecular complexity index is 405. The van der Waals surface area contributed by atoms with Gasteiger partial charge in [0.15, 0.2) is 5.76 Å². The van der Waals surface area contributed by atoms with E-state index in [4.69, 9.17) is 20.3 Å². The number of hydrogen-bond acceptors (Lipinski definition) is 6. The second-order valence-electron chi connectivity index (χ2n) is 7.65. The fourth-order valence-corrected chi connectivity index (χ4v) is 3.55. The Morgan fingerprint density at radius 1 is 1.00 bits per heavy atom. The van der Waals surface area contributed by atoms with Crippen molar-refractivity contribution < 1.29 is 24.8 Å². The minimum Gasteiger partial charge on any atom is -0.512 e. The van der Waals surface area contributed by atoms with E-state index >= 15 is 0 Å². The van der Waals surface area contributed by atoms with E-state index < -0.39 is 12.4 Å². The highest BCUT2D eigenvalue weighted by atomic mass is 16.7. The molecule has 5 N–H and O–H groups in total. The highest BCUT2D eigenvalue weighted by Crippen LogP contribution is 2.41. The normalized spacial score (nSPS) is 15.7. The van der Waals surface area contributed by atoms with Crippen LogP contribution in [0.3, 0.4) is 0 Å². The van der Waals surface area contributed by atoms with E-state index in [0.717, 1.165) is 38.5 Å². The molecule has 0 saturated heterocycles. The van der Waals surface area contributed by atoms with Crippen molar-refractivity contribution in [2.24, 2.45) is 11.1 Å². The zero-order chi connectivity index (χ0) is 20.9. The number of rotatable bonds is 16. The molecule has 2 unspecified atom stereocenters. The van der Waals surface area contributed by atoms with E-state index in [1.54, 1.807) is 6.92 Å². The molecular weight excluding hydrogens is 346 g/mol. The van der Waals surface area contributed by atoms with E-state index in [0.29, 0.717) is 25.7 Å². The van der Waals surface area contributed by atoms with Gasteiger partial charge < -0.3 is 30.5 Å². The van der Waals surface area contributed by atoms with Crippen LogP contribution in [0.4, 0.5) is 0 Å². The molecule has 0 radical (unpaired) electrons.